The van der Waals surface area contributed by atoms with Gasteiger partial charge in [0.05, 0.1) is 12.2 Å². The van der Waals surface area contributed by atoms with E-state index in [1.165, 1.54) is 6.07 Å². The zero-order chi connectivity index (χ0) is 10.4. The van der Waals surface area contributed by atoms with Gasteiger partial charge in [-0.15, -0.1) is 0 Å². The predicted octanol–water partition coefficient (Wildman–Crippen LogP) is -0.534. The first-order valence-corrected chi connectivity index (χ1v) is 4.00. The summed E-state index contributed by atoms with van der Waals surface area (Å²) in [6.45, 7) is 0.0769. The van der Waals surface area contributed by atoms with Gasteiger partial charge < -0.3 is 10.2 Å². The van der Waals surface area contributed by atoms with Crippen molar-refractivity contribution in [1.82, 2.24) is 15.8 Å². The minimum atomic E-state index is -0.956. The molecule has 1 aromatic rings. The third-order valence-corrected chi connectivity index (χ3v) is 1.49. The molecule has 6 nitrogen and oxygen atoms in total. The highest BCUT2D eigenvalue weighted by atomic mass is 16.4. The van der Waals surface area contributed by atoms with E-state index >= 15 is 0 Å². The lowest BCUT2D eigenvalue weighted by atomic mass is 10.3. The molecule has 1 aromatic heterocycles. The summed E-state index contributed by atoms with van der Waals surface area (Å²) in [5, 5.41) is 17.6. The van der Waals surface area contributed by atoms with E-state index in [1.54, 1.807) is 12.3 Å². The summed E-state index contributed by atoms with van der Waals surface area (Å²) in [5.74, 6) is -0.875. The van der Waals surface area contributed by atoms with Gasteiger partial charge in [0, 0.05) is 6.20 Å². The SMILES string of the molecule is O=C(O)CNNCc1ncccc1O. The fourth-order valence-corrected chi connectivity index (χ4v) is 0.850. The lowest BCUT2D eigenvalue weighted by Gasteiger charge is -2.05. The van der Waals surface area contributed by atoms with Crippen LogP contribution in [0.3, 0.4) is 0 Å². The van der Waals surface area contributed by atoms with Crippen molar-refractivity contribution in [3.8, 4) is 5.75 Å². The molecule has 0 aliphatic rings. The van der Waals surface area contributed by atoms with Gasteiger partial charge in [-0.1, -0.05) is 0 Å². The molecular weight excluding hydrogens is 186 g/mol. The van der Waals surface area contributed by atoms with Crippen LogP contribution in [-0.2, 0) is 11.3 Å². The van der Waals surface area contributed by atoms with Crippen molar-refractivity contribution in [2.75, 3.05) is 6.54 Å². The molecule has 0 fully saturated rings. The third-order valence-electron chi connectivity index (χ3n) is 1.49. The van der Waals surface area contributed by atoms with E-state index in [1.807, 2.05) is 0 Å². The van der Waals surface area contributed by atoms with Gasteiger partial charge >= 0.3 is 5.97 Å². The van der Waals surface area contributed by atoms with Gasteiger partial charge in [-0.3, -0.25) is 15.2 Å². The fourth-order valence-electron chi connectivity index (χ4n) is 0.850. The second-order valence-electron chi connectivity index (χ2n) is 2.57. The van der Waals surface area contributed by atoms with E-state index in [-0.39, 0.29) is 18.8 Å². The van der Waals surface area contributed by atoms with E-state index < -0.39 is 5.97 Å². The largest absolute Gasteiger partial charge is 0.506 e. The molecule has 76 valence electrons. The molecule has 0 bridgehead atoms. The Kier molecular flexibility index (Phi) is 3.84. The van der Waals surface area contributed by atoms with Crippen molar-refractivity contribution in [2.24, 2.45) is 0 Å². The average molecular weight is 197 g/mol. The van der Waals surface area contributed by atoms with Gasteiger partial charge in [-0.25, -0.2) is 5.43 Å². The number of aromatic nitrogens is 1. The van der Waals surface area contributed by atoms with E-state index in [9.17, 15) is 9.90 Å². The molecule has 6 heteroatoms. The normalized spacial score (nSPS) is 10.0. The third kappa shape index (κ3) is 3.38. The number of hydrazine groups is 1. The molecular formula is C8H11N3O3. The van der Waals surface area contributed by atoms with Crippen LogP contribution in [-0.4, -0.2) is 27.7 Å². The zero-order valence-electron chi connectivity index (χ0n) is 7.40. The van der Waals surface area contributed by atoms with Gasteiger partial charge in [0.25, 0.3) is 0 Å². The molecule has 4 N–H and O–H groups in total. The number of pyridine rings is 1. The van der Waals surface area contributed by atoms with Crippen LogP contribution >= 0.6 is 0 Å². The topological polar surface area (TPSA) is 94.5 Å². The van der Waals surface area contributed by atoms with Crippen LogP contribution in [0.4, 0.5) is 0 Å². The number of aromatic hydroxyl groups is 1. The minimum absolute atomic E-state index is 0.0807. The Hall–Kier alpha value is -1.66. The molecule has 1 rings (SSSR count). The quantitative estimate of drug-likeness (QED) is 0.374. The molecule has 14 heavy (non-hydrogen) atoms. The molecule has 0 saturated heterocycles. The maximum atomic E-state index is 10.1. The van der Waals surface area contributed by atoms with E-state index in [0.29, 0.717) is 5.69 Å². The highest BCUT2D eigenvalue weighted by Crippen LogP contribution is 2.10. The summed E-state index contributed by atoms with van der Waals surface area (Å²) < 4.78 is 0. The Labute approximate surface area is 80.6 Å². The minimum Gasteiger partial charge on any atom is -0.506 e. The van der Waals surface area contributed by atoms with Crippen LogP contribution in [0.1, 0.15) is 5.69 Å². The molecule has 1 heterocycles. The maximum Gasteiger partial charge on any atom is 0.318 e. The van der Waals surface area contributed by atoms with Crippen LogP contribution in [0, 0.1) is 0 Å². The Morgan fingerprint density at radius 2 is 2.29 bits per heavy atom. The second kappa shape index (κ2) is 5.15. The lowest BCUT2D eigenvalue weighted by molar-refractivity contribution is -0.136. The smallest absolute Gasteiger partial charge is 0.318 e. The number of nitrogens with one attached hydrogen (secondary N) is 2. The Morgan fingerprint density at radius 3 is 2.93 bits per heavy atom. The van der Waals surface area contributed by atoms with Crippen LogP contribution in [0.5, 0.6) is 5.75 Å². The van der Waals surface area contributed by atoms with Crippen molar-refractivity contribution < 1.29 is 15.0 Å². The number of rotatable bonds is 5. The van der Waals surface area contributed by atoms with Crippen molar-refractivity contribution in [3.63, 3.8) is 0 Å². The monoisotopic (exact) mass is 197 g/mol. The van der Waals surface area contributed by atoms with Crippen molar-refractivity contribution in [2.45, 2.75) is 6.54 Å². The number of carboxylic acids is 1. The molecule has 0 saturated carbocycles. The first-order chi connectivity index (χ1) is 6.70. The molecule has 0 spiro atoms. The summed E-state index contributed by atoms with van der Waals surface area (Å²) in [6, 6.07) is 3.13. The Morgan fingerprint density at radius 1 is 1.50 bits per heavy atom. The van der Waals surface area contributed by atoms with Crippen LogP contribution in [0.15, 0.2) is 18.3 Å². The van der Waals surface area contributed by atoms with E-state index in [0.717, 1.165) is 0 Å². The van der Waals surface area contributed by atoms with Crippen LogP contribution in [0.25, 0.3) is 0 Å². The number of hydrogen-bond donors (Lipinski definition) is 4. The van der Waals surface area contributed by atoms with Gasteiger partial charge in [0.2, 0.25) is 0 Å². The molecule has 0 aliphatic carbocycles. The number of carboxylic acid groups (broad SMARTS) is 1. The first-order valence-electron chi connectivity index (χ1n) is 4.00. The number of hydrogen-bond acceptors (Lipinski definition) is 5. The standard InChI is InChI=1S/C8H11N3O3/c12-7-2-1-3-9-6(7)4-10-11-5-8(13)14/h1-3,10-12H,4-5H2,(H,13,14). The fraction of sp³-hybridized carbons (Fsp3) is 0.250. The molecule has 0 atom stereocenters. The summed E-state index contributed by atoms with van der Waals surface area (Å²) in [4.78, 5) is 14.0. The second-order valence-corrected chi connectivity index (χ2v) is 2.57. The highest BCUT2D eigenvalue weighted by molar-refractivity contribution is 5.68. The molecule has 0 unspecified atom stereocenters. The summed E-state index contributed by atoms with van der Waals surface area (Å²) in [7, 11) is 0. The highest BCUT2D eigenvalue weighted by Gasteiger charge is 2.00. The van der Waals surface area contributed by atoms with Gasteiger partial charge in [0.15, 0.2) is 0 Å². The Balaban J connectivity index is 2.31. The first kappa shape index (κ1) is 10.4. The average Bonchev–Trinajstić information content (AvgIpc) is 2.15. The van der Waals surface area contributed by atoms with Gasteiger partial charge in [-0.05, 0) is 12.1 Å². The van der Waals surface area contributed by atoms with E-state index in [2.05, 4.69) is 15.8 Å². The number of aliphatic carboxylic acids is 1. The molecule has 0 amide bonds. The van der Waals surface area contributed by atoms with Gasteiger partial charge in [0.1, 0.15) is 12.3 Å². The molecule has 0 aliphatic heterocycles. The maximum absolute atomic E-state index is 10.1. The van der Waals surface area contributed by atoms with Gasteiger partial charge in [-0.2, -0.15) is 0 Å². The molecule has 0 aromatic carbocycles. The number of nitrogens with zero attached hydrogens (tertiary/aromatic N) is 1. The molecule has 0 radical (unpaired) electrons. The lowest BCUT2D eigenvalue weighted by Crippen LogP contribution is -2.35. The number of carbonyl (C=O) groups is 1. The predicted molar refractivity (Wildman–Crippen MR) is 48.4 cm³/mol. The zero-order valence-corrected chi connectivity index (χ0v) is 7.40. The van der Waals surface area contributed by atoms with Crippen molar-refractivity contribution in [3.05, 3.63) is 24.0 Å². The van der Waals surface area contributed by atoms with Crippen LogP contribution in [0.2, 0.25) is 0 Å². The van der Waals surface area contributed by atoms with E-state index in [4.69, 9.17) is 5.11 Å². The van der Waals surface area contributed by atoms with Crippen LogP contribution < -0.4 is 10.9 Å². The summed E-state index contributed by atoms with van der Waals surface area (Å²) in [5.41, 5.74) is 5.54. The van der Waals surface area contributed by atoms with Crippen molar-refractivity contribution in [1.29, 1.82) is 0 Å². The van der Waals surface area contributed by atoms with Crippen molar-refractivity contribution >= 4 is 5.97 Å². The summed E-state index contributed by atoms with van der Waals surface area (Å²) >= 11 is 0. The Bertz CT molecular complexity index is 316. The summed E-state index contributed by atoms with van der Waals surface area (Å²) in [6.07, 6.45) is 1.55.